The Morgan fingerprint density at radius 1 is 1.29 bits per heavy atom. The van der Waals surface area contributed by atoms with Crippen molar-refractivity contribution in [2.24, 2.45) is 0 Å². The molecular formula is C10H13F3N2O2. The number of rotatable bonds is 5. The minimum atomic E-state index is -4.24. The van der Waals surface area contributed by atoms with Gasteiger partial charge in [-0.3, -0.25) is 4.98 Å². The normalized spacial score (nSPS) is 11.4. The third kappa shape index (κ3) is 4.10. The smallest absolute Gasteiger partial charge is 0.401 e. The first-order valence-corrected chi connectivity index (χ1v) is 4.81. The van der Waals surface area contributed by atoms with Gasteiger partial charge in [0.1, 0.15) is 0 Å². The lowest BCUT2D eigenvalue weighted by Crippen LogP contribution is -2.28. The Hall–Kier alpha value is -1.50. The van der Waals surface area contributed by atoms with Gasteiger partial charge in [-0.25, -0.2) is 0 Å². The Morgan fingerprint density at radius 3 is 2.53 bits per heavy atom. The summed E-state index contributed by atoms with van der Waals surface area (Å²) in [6.45, 7) is -1.12. The van der Waals surface area contributed by atoms with Gasteiger partial charge in [0.05, 0.1) is 26.5 Å². The van der Waals surface area contributed by atoms with Crippen molar-refractivity contribution in [2.45, 2.75) is 12.7 Å². The lowest BCUT2D eigenvalue weighted by molar-refractivity contribution is -0.125. The summed E-state index contributed by atoms with van der Waals surface area (Å²) in [6.07, 6.45) is -2.79. The van der Waals surface area contributed by atoms with E-state index in [1.165, 1.54) is 20.4 Å². The summed E-state index contributed by atoms with van der Waals surface area (Å²) in [4.78, 5) is 3.94. The van der Waals surface area contributed by atoms with E-state index in [1.54, 1.807) is 6.07 Å². The Balaban J connectivity index is 2.70. The lowest BCUT2D eigenvalue weighted by atomic mass is 10.3. The van der Waals surface area contributed by atoms with Gasteiger partial charge in [-0.15, -0.1) is 0 Å². The van der Waals surface area contributed by atoms with Crippen LogP contribution in [-0.4, -0.2) is 31.9 Å². The van der Waals surface area contributed by atoms with Crippen LogP contribution in [0.3, 0.4) is 0 Å². The van der Waals surface area contributed by atoms with Gasteiger partial charge in [-0.2, -0.15) is 13.2 Å². The molecular weight excluding hydrogens is 237 g/mol. The second kappa shape index (κ2) is 5.72. The molecule has 1 aromatic heterocycles. The third-order valence-corrected chi connectivity index (χ3v) is 1.98. The molecule has 0 aliphatic carbocycles. The van der Waals surface area contributed by atoms with E-state index in [1.807, 2.05) is 0 Å². The number of aromatic nitrogens is 1. The molecule has 0 radical (unpaired) electrons. The van der Waals surface area contributed by atoms with Crippen molar-refractivity contribution in [3.63, 3.8) is 0 Å². The molecule has 0 spiro atoms. The van der Waals surface area contributed by atoms with E-state index in [0.29, 0.717) is 17.2 Å². The molecule has 0 aromatic carbocycles. The number of nitrogens with one attached hydrogen (secondary N) is 1. The predicted molar refractivity (Wildman–Crippen MR) is 55.1 cm³/mol. The molecule has 0 atom stereocenters. The summed E-state index contributed by atoms with van der Waals surface area (Å²) in [6, 6.07) is 1.58. The largest absolute Gasteiger partial charge is 0.493 e. The van der Waals surface area contributed by atoms with E-state index in [0.717, 1.165) is 0 Å². The molecule has 0 amide bonds. The molecule has 0 saturated carbocycles. The van der Waals surface area contributed by atoms with E-state index in [2.05, 4.69) is 10.3 Å². The average Bonchev–Trinajstić information content (AvgIpc) is 2.27. The summed E-state index contributed by atoms with van der Waals surface area (Å²) in [7, 11) is 2.86. The van der Waals surface area contributed by atoms with E-state index < -0.39 is 12.7 Å². The van der Waals surface area contributed by atoms with E-state index >= 15 is 0 Å². The van der Waals surface area contributed by atoms with Crippen LogP contribution in [0.1, 0.15) is 5.69 Å². The quantitative estimate of drug-likeness (QED) is 0.864. The maximum atomic E-state index is 11.9. The van der Waals surface area contributed by atoms with Crippen molar-refractivity contribution in [3.8, 4) is 11.5 Å². The fourth-order valence-corrected chi connectivity index (χ4v) is 1.30. The van der Waals surface area contributed by atoms with Gasteiger partial charge < -0.3 is 14.8 Å². The average molecular weight is 250 g/mol. The number of halogens is 3. The Labute approximate surface area is 96.7 Å². The molecule has 4 nitrogen and oxygen atoms in total. The van der Waals surface area contributed by atoms with Crippen molar-refractivity contribution in [3.05, 3.63) is 18.0 Å². The summed E-state index contributed by atoms with van der Waals surface area (Å²) in [5, 5.41) is 2.24. The summed E-state index contributed by atoms with van der Waals surface area (Å²) < 4.78 is 45.9. The van der Waals surface area contributed by atoms with Crippen LogP contribution < -0.4 is 14.8 Å². The van der Waals surface area contributed by atoms with Gasteiger partial charge in [0.25, 0.3) is 0 Å². The molecule has 0 unspecified atom stereocenters. The molecule has 0 bridgehead atoms. The van der Waals surface area contributed by atoms with Gasteiger partial charge in [-0.1, -0.05) is 0 Å². The molecule has 1 heterocycles. The highest BCUT2D eigenvalue weighted by Gasteiger charge is 2.26. The van der Waals surface area contributed by atoms with Gasteiger partial charge in [0, 0.05) is 18.8 Å². The first kappa shape index (κ1) is 13.6. The fourth-order valence-electron chi connectivity index (χ4n) is 1.30. The van der Waals surface area contributed by atoms with Crippen molar-refractivity contribution < 1.29 is 22.6 Å². The molecule has 7 heteroatoms. The van der Waals surface area contributed by atoms with Crippen LogP contribution >= 0.6 is 0 Å². The molecule has 96 valence electrons. The molecule has 0 aliphatic heterocycles. The highest BCUT2D eigenvalue weighted by atomic mass is 19.4. The van der Waals surface area contributed by atoms with E-state index in [-0.39, 0.29) is 6.54 Å². The monoisotopic (exact) mass is 250 g/mol. The van der Waals surface area contributed by atoms with Crippen LogP contribution in [0.2, 0.25) is 0 Å². The molecule has 0 aliphatic rings. The van der Waals surface area contributed by atoms with Crippen molar-refractivity contribution in [1.82, 2.24) is 10.3 Å². The topological polar surface area (TPSA) is 43.4 Å². The zero-order valence-electron chi connectivity index (χ0n) is 9.47. The van der Waals surface area contributed by atoms with Gasteiger partial charge in [0.2, 0.25) is 0 Å². The molecule has 1 rings (SSSR count). The van der Waals surface area contributed by atoms with E-state index in [9.17, 15) is 13.2 Å². The number of nitrogens with zero attached hydrogens (tertiary/aromatic N) is 1. The van der Waals surface area contributed by atoms with Crippen LogP contribution in [0.5, 0.6) is 11.5 Å². The number of hydrogen-bond donors (Lipinski definition) is 1. The van der Waals surface area contributed by atoms with Crippen LogP contribution in [0.15, 0.2) is 12.3 Å². The fraction of sp³-hybridized carbons (Fsp3) is 0.500. The number of hydrogen-bond acceptors (Lipinski definition) is 4. The second-order valence-electron chi connectivity index (χ2n) is 3.21. The van der Waals surface area contributed by atoms with Crippen LogP contribution in [0.4, 0.5) is 13.2 Å². The Bertz CT molecular complexity index is 369. The Morgan fingerprint density at radius 2 is 2.00 bits per heavy atom. The zero-order valence-corrected chi connectivity index (χ0v) is 9.47. The lowest BCUT2D eigenvalue weighted by Gasteiger charge is -2.12. The molecule has 0 fully saturated rings. The highest BCUT2D eigenvalue weighted by Crippen LogP contribution is 2.28. The van der Waals surface area contributed by atoms with E-state index in [4.69, 9.17) is 9.47 Å². The first-order chi connectivity index (χ1) is 7.98. The standard InChI is InChI=1S/C10H13F3N2O2/c1-16-8-3-4-15-7(9(8)17-2)5-14-6-10(11,12)13/h3-4,14H,5-6H2,1-2H3. The van der Waals surface area contributed by atoms with Crippen LogP contribution in [-0.2, 0) is 6.54 Å². The molecule has 1 N–H and O–H groups in total. The molecule has 17 heavy (non-hydrogen) atoms. The zero-order chi connectivity index (χ0) is 12.9. The van der Waals surface area contributed by atoms with Gasteiger partial charge in [0.15, 0.2) is 11.5 Å². The van der Waals surface area contributed by atoms with Crippen LogP contribution in [0, 0.1) is 0 Å². The predicted octanol–water partition coefficient (Wildman–Crippen LogP) is 1.75. The molecule has 0 saturated heterocycles. The number of methoxy groups -OCH3 is 2. The second-order valence-corrected chi connectivity index (χ2v) is 3.21. The summed E-state index contributed by atoms with van der Waals surface area (Å²) in [5.41, 5.74) is 0.371. The first-order valence-electron chi connectivity index (χ1n) is 4.81. The summed E-state index contributed by atoms with van der Waals surface area (Å²) in [5.74, 6) is 0.774. The van der Waals surface area contributed by atoms with Crippen molar-refractivity contribution in [1.29, 1.82) is 0 Å². The van der Waals surface area contributed by atoms with Crippen molar-refractivity contribution in [2.75, 3.05) is 20.8 Å². The summed E-state index contributed by atoms with van der Waals surface area (Å²) >= 11 is 0. The number of ether oxygens (including phenoxy) is 2. The third-order valence-electron chi connectivity index (χ3n) is 1.98. The SMILES string of the molecule is COc1ccnc(CNCC(F)(F)F)c1OC. The maximum Gasteiger partial charge on any atom is 0.401 e. The number of alkyl halides is 3. The minimum absolute atomic E-state index is 0.0418. The highest BCUT2D eigenvalue weighted by molar-refractivity contribution is 5.42. The minimum Gasteiger partial charge on any atom is -0.493 e. The van der Waals surface area contributed by atoms with Crippen molar-refractivity contribution >= 4 is 0 Å². The van der Waals surface area contributed by atoms with Gasteiger partial charge in [-0.05, 0) is 0 Å². The van der Waals surface area contributed by atoms with Crippen LogP contribution in [0.25, 0.3) is 0 Å². The Kier molecular flexibility index (Phi) is 4.56. The molecule has 1 aromatic rings. The maximum absolute atomic E-state index is 11.9. The van der Waals surface area contributed by atoms with Gasteiger partial charge >= 0.3 is 6.18 Å². The number of pyridine rings is 1.